The zero-order valence-electron chi connectivity index (χ0n) is 12.8. The molecule has 0 aromatic rings. The van der Waals surface area contributed by atoms with E-state index in [9.17, 15) is 8.42 Å². The van der Waals surface area contributed by atoms with Crippen LogP contribution in [0.15, 0.2) is 57.4 Å². The summed E-state index contributed by atoms with van der Waals surface area (Å²) in [7, 11) is -3.48. The van der Waals surface area contributed by atoms with E-state index in [1.807, 2.05) is 34.6 Å². The third-order valence-corrected chi connectivity index (χ3v) is 4.80. The van der Waals surface area contributed by atoms with Crippen LogP contribution in [0, 0.1) is 0 Å². The molecule has 0 fully saturated rings. The molecule has 0 N–H and O–H groups in total. The summed E-state index contributed by atoms with van der Waals surface area (Å²) in [6.45, 7) is 18.5. The Hall–Kier alpha value is -1.35. The first-order valence-electron chi connectivity index (χ1n) is 6.10. The first kappa shape index (κ1) is 17.6. The number of hydrogen-bond donors (Lipinski definition) is 0. The van der Waals surface area contributed by atoms with Gasteiger partial charge in [0, 0.05) is 4.91 Å². The summed E-state index contributed by atoms with van der Waals surface area (Å²) in [5.41, 5.74) is 3.70. The summed E-state index contributed by atoms with van der Waals surface area (Å²) in [6, 6.07) is 0. The predicted octanol–water partition coefficient (Wildman–Crippen LogP) is 4.70. The highest BCUT2D eigenvalue weighted by atomic mass is 32.2. The van der Waals surface area contributed by atoms with Crippen LogP contribution in [0.3, 0.4) is 0 Å². The summed E-state index contributed by atoms with van der Waals surface area (Å²) in [5.74, 6) is 0. The van der Waals surface area contributed by atoms with Gasteiger partial charge in [-0.05, 0) is 59.3 Å². The Labute approximate surface area is 117 Å². The fraction of sp³-hybridized carbons (Fsp3) is 0.375. The molecule has 0 atom stereocenters. The highest BCUT2D eigenvalue weighted by Crippen LogP contribution is 2.21. The lowest BCUT2D eigenvalue weighted by Crippen LogP contribution is -2.03. The van der Waals surface area contributed by atoms with Crippen LogP contribution in [0.5, 0.6) is 0 Å². The average Bonchev–Trinajstić information content (AvgIpc) is 2.27. The van der Waals surface area contributed by atoms with Gasteiger partial charge in [0.25, 0.3) is 0 Å². The van der Waals surface area contributed by atoms with Gasteiger partial charge in [-0.15, -0.1) is 0 Å². The number of sulfone groups is 1. The van der Waals surface area contributed by atoms with Crippen molar-refractivity contribution in [3.05, 3.63) is 57.4 Å². The average molecular weight is 280 g/mol. The smallest absolute Gasteiger partial charge is 0.201 e. The fourth-order valence-electron chi connectivity index (χ4n) is 1.18. The number of rotatable bonds is 5. The molecule has 0 aliphatic carbocycles. The fourth-order valence-corrected chi connectivity index (χ4v) is 2.25. The lowest BCUT2D eigenvalue weighted by atomic mass is 10.1. The van der Waals surface area contributed by atoms with Crippen LogP contribution in [-0.4, -0.2) is 8.42 Å². The lowest BCUT2D eigenvalue weighted by Gasteiger charge is -2.07. The molecule has 0 spiro atoms. The van der Waals surface area contributed by atoms with E-state index in [1.165, 1.54) is 0 Å². The lowest BCUT2D eigenvalue weighted by molar-refractivity contribution is 0.608. The molecule has 0 saturated carbocycles. The third-order valence-electron chi connectivity index (χ3n) is 3.03. The van der Waals surface area contributed by atoms with Crippen LogP contribution < -0.4 is 0 Å². The van der Waals surface area contributed by atoms with E-state index in [0.29, 0.717) is 4.91 Å². The maximum absolute atomic E-state index is 12.3. The Kier molecular flexibility index (Phi) is 6.23. The van der Waals surface area contributed by atoms with Crippen molar-refractivity contribution in [2.24, 2.45) is 0 Å². The Morgan fingerprint density at radius 1 is 0.895 bits per heavy atom. The first-order valence-corrected chi connectivity index (χ1v) is 7.59. The van der Waals surface area contributed by atoms with Crippen molar-refractivity contribution in [1.82, 2.24) is 0 Å². The molecule has 0 amide bonds. The normalized spacial score (nSPS) is 13.2. The summed E-state index contributed by atoms with van der Waals surface area (Å²) >= 11 is 0. The zero-order chi connectivity index (χ0) is 15.4. The van der Waals surface area contributed by atoms with E-state index in [-0.39, 0.29) is 4.91 Å². The largest absolute Gasteiger partial charge is 0.219 e. The van der Waals surface area contributed by atoms with E-state index in [1.54, 1.807) is 19.1 Å². The van der Waals surface area contributed by atoms with Crippen molar-refractivity contribution in [1.29, 1.82) is 0 Å². The molecule has 106 valence electrons. The van der Waals surface area contributed by atoms with Gasteiger partial charge < -0.3 is 0 Å². The Morgan fingerprint density at radius 2 is 1.37 bits per heavy atom. The molecule has 0 aromatic heterocycles. The maximum atomic E-state index is 12.3. The molecule has 19 heavy (non-hydrogen) atoms. The molecule has 0 aliphatic heterocycles. The Bertz CT molecular complexity index is 578. The summed E-state index contributed by atoms with van der Waals surface area (Å²) in [4.78, 5) is 0.408. The monoisotopic (exact) mass is 280 g/mol. The molecule has 0 bridgehead atoms. The second-order valence-corrected chi connectivity index (χ2v) is 7.19. The van der Waals surface area contributed by atoms with Crippen LogP contribution in [-0.2, 0) is 9.84 Å². The topological polar surface area (TPSA) is 34.1 Å². The van der Waals surface area contributed by atoms with E-state index in [2.05, 4.69) is 13.2 Å². The molecule has 2 nitrogen and oxygen atoms in total. The standard InChI is InChI=1S/C16H24O2S/c1-11(2)13(5)9-15(7)19(17,18)16(8)10-14(6)12(3)4/h9-10H,1,7H2,2-6,8H3/b13-9-,16-10+. The van der Waals surface area contributed by atoms with Crippen LogP contribution in [0.1, 0.15) is 41.5 Å². The SMILES string of the molecule is C=C(C)/C(C)=C\C(=C)S(=O)(=O)/C(C)=C/C(C)=C(C)C. The van der Waals surface area contributed by atoms with Crippen molar-refractivity contribution in [3.63, 3.8) is 0 Å². The zero-order valence-corrected chi connectivity index (χ0v) is 13.6. The molecule has 0 unspecified atom stereocenters. The van der Waals surface area contributed by atoms with E-state index < -0.39 is 9.84 Å². The predicted molar refractivity (Wildman–Crippen MR) is 84.4 cm³/mol. The van der Waals surface area contributed by atoms with Crippen molar-refractivity contribution in [2.75, 3.05) is 0 Å². The third kappa shape index (κ3) is 5.03. The van der Waals surface area contributed by atoms with Crippen molar-refractivity contribution in [3.8, 4) is 0 Å². The van der Waals surface area contributed by atoms with Crippen LogP contribution >= 0.6 is 0 Å². The Morgan fingerprint density at radius 3 is 1.74 bits per heavy atom. The quantitative estimate of drug-likeness (QED) is 0.684. The summed E-state index contributed by atoms with van der Waals surface area (Å²) < 4.78 is 24.6. The maximum Gasteiger partial charge on any atom is 0.201 e. The Balaban J connectivity index is 5.55. The summed E-state index contributed by atoms with van der Waals surface area (Å²) in [5, 5.41) is 0. The molecule has 0 aromatic carbocycles. The molecule has 0 heterocycles. The van der Waals surface area contributed by atoms with Crippen molar-refractivity contribution >= 4 is 9.84 Å². The van der Waals surface area contributed by atoms with Gasteiger partial charge in [-0.2, -0.15) is 0 Å². The molecule has 0 saturated heterocycles. The highest BCUT2D eigenvalue weighted by molar-refractivity contribution is 7.99. The van der Waals surface area contributed by atoms with E-state index >= 15 is 0 Å². The number of allylic oxidation sites excluding steroid dienone is 7. The van der Waals surface area contributed by atoms with Crippen LogP contribution in [0.2, 0.25) is 0 Å². The van der Waals surface area contributed by atoms with E-state index in [4.69, 9.17) is 0 Å². The second kappa shape index (κ2) is 6.71. The molecular formula is C16H24O2S. The van der Waals surface area contributed by atoms with Crippen LogP contribution in [0.25, 0.3) is 0 Å². The van der Waals surface area contributed by atoms with Gasteiger partial charge in [0.1, 0.15) is 0 Å². The van der Waals surface area contributed by atoms with Crippen molar-refractivity contribution in [2.45, 2.75) is 41.5 Å². The molecular weight excluding hydrogens is 256 g/mol. The minimum Gasteiger partial charge on any atom is -0.219 e. The van der Waals surface area contributed by atoms with Gasteiger partial charge in [-0.25, -0.2) is 8.42 Å². The van der Waals surface area contributed by atoms with E-state index in [0.717, 1.165) is 22.3 Å². The first-order chi connectivity index (χ1) is 8.50. The molecule has 0 radical (unpaired) electrons. The van der Waals surface area contributed by atoms with Gasteiger partial charge in [-0.1, -0.05) is 29.9 Å². The second-order valence-electron chi connectivity index (χ2n) is 5.02. The molecule has 0 aliphatic rings. The minimum atomic E-state index is -3.48. The van der Waals surface area contributed by atoms with Crippen molar-refractivity contribution < 1.29 is 8.42 Å². The van der Waals surface area contributed by atoms with Gasteiger partial charge >= 0.3 is 0 Å². The molecule has 3 heteroatoms. The highest BCUT2D eigenvalue weighted by Gasteiger charge is 2.16. The minimum absolute atomic E-state index is 0.100. The summed E-state index contributed by atoms with van der Waals surface area (Å²) in [6.07, 6.45) is 3.24. The van der Waals surface area contributed by atoms with Gasteiger partial charge in [-0.3, -0.25) is 0 Å². The van der Waals surface area contributed by atoms with Gasteiger partial charge in [0.05, 0.1) is 4.91 Å². The molecule has 0 rings (SSSR count). The van der Waals surface area contributed by atoms with Gasteiger partial charge in [0.15, 0.2) is 0 Å². The van der Waals surface area contributed by atoms with Gasteiger partial charge in [0.2, 0.25) is 9.84 Å². The van der Waals surface area contributed by atoms with Crippen LogP contribution in [0.4, 0.5) is 0 Å². The number of hydrogen-bond acceptors (Lipinski definition) is 2.